The third kappa shape index (κ3) is 5.57. The molecule has 0 aliphatic rings. The van der Waals surface area contributed by atoms with Crippen LogP contribution >= 0.6 is 11.6 Å². The molecular weight excluding hydrogens is 464 g/mol. The van der Waals surface area contributed by atoms with Crippen molar-refractivity contribution >= 4 is 28.7 Å². The van der Waals surface area contributed by atoms with Crippen molar-refractivity contribution in [2.24, 2.45) is 0 Å². The molecule has 3 aromatic heterocycles. The number of nitrogens with zero attached hydrogens (tertiary/aromatic N) is 3. The summed E-state index contributed by atoms with van der Waals surface area (Å²) in [7, 11) is 1.69. The van der Waals surface area contributed by atoms with E-state index in [-0.39, 0.29) is 6.61 Å². The molecule has 0 unspecified atom stereocenters. The van der Waals surface area contributed by atoms with Gasteiger partial charge in [-0.25, -0.2) is 4.79 Å². The fourth-order valence-electron chi connectivity index (χ4n) is 3.73. The van der Waals surface area contributed by atoms with Gasteiger partial charge in [-0.3, -0.25) is 9.97 Å². The number of nitrogens with one attached hydrogen (secondary N) is 1. The molecule has 0 aliphatic heterocycles. The Morgan fingerprint density at radius 2 is 1.97 bits per heavy atom. The van der Waals surface area contributed by atoms with E-state index in [0.29, 0.717) is 17.3 Å². The van der Waals surface area contributed by atoms with Crippen LogP contribution in [-0.4, -0.2) is 51.7 Å². The lowest BCUT2D eigenvalue weighted by atomic mass is 9.99. The number of amides is 1. The van der Waals surface area contributed by atoms with E-state index in [1.165, 1.54) is 4.90 Å². The van der Waals surface area contributed by atoms with Gasteiger partial charge in [0.15, 0.2) is 0 Å². The molecule has 1 aromatic carbocycles. The van der Waals surface area contributed by atoms with E-state index in [0.717, 1.165) is 39.0 Å². The highest BCUT2D eigenvalue weighted by atomic mass is 35.5. The topological polar surface area (TPSA) is 80.3 Å². The predicted octanol–water partition coefficient (Wildman–Crippen LogP) is 6.50. The number of carbonyl (C=O) groups is 1. The molecule has 0 bridgehead atoms. The molecule has 7 nitrogen and oxygen atoms in total. The van der Waals surface area contributed by atoms with Crippen LogP contribution < -0.4 is 4.74 Å². The van der Waals surface area contributed by atoms with Gasteiger partial charge in [0.2, 0.25) is 0 Å². The zero-order valence-corrected chi connectivity index (χ0v) is 21.3. The molecule has 0 atom stereocenters. The molecule has 0 aliphatic carbocycles. The zero-order valence-electron chi connectivity index (χ0n) is 20.6. The molecule has 8 heteroatoms. The quantitative estimate of drug-likeness (QED) is 0.332. The van der Waals surface area contributed by atoms with Gasteiger partial charge < -0.3 is 19.4 Å². The van der Waals surface area contributed by atoms with Crippen LogP contribution in [0.25, 0.3) is 33.4 Å². The Balaban J connectivity index is 1.66. The van der Waals surface area contributed by atoms with Crippen molar-refractivity contribution in [3.63, 3.8) is 0 Å². The lowest BCUT2D eigenvalue weighted by Gasteiger charge is -2.24. The van der Waals surface area contributed by atoms with Crippen LogP contribution in [0.15, 0.2) is 55.0 Å². The number of rotatable bonds is 6. The molecule has 35 heavy (non-hydrogen) atoms. The fraction of sp³-hybridized carbons (Fsp3) is 0.296. The van der Waals surface area contributed by atoms with Gasteiger partial charge in [0.25, 0.3) is 0 Å². The average molecular weight is 493 g/mol. The summed E-state index contributed by atoms with van der Waals surface area (Å²) in [5, 5.41) is 0.713. The first-order valence-electron chi connectivity index (χ1n) is 11.4. The van der Waals surface area contributed by atoms with Gasteiger partial charge in [0.1, 0.15) is 18.0 Å². The summed E-state index contributed by atoms with van der Waals surface area (Å²) in [5.74, 6) is 0.601. The van der Waals surface area contributed by atoms with Crippen LogP contribution in [0.4, 0.5) is 4.79 Å². The minimum absolute atomic E-state index is 0.280. The van der Waals surface area contributed by atoms with E-state index in [1.54, 1.807) is 25.6 Å². The van der Waals surface area contributed by atoms with Crippen molar-refractivity contribution in [2.45, 2.75) is 33.3 Å². The predicted molar refractivity (Wildman–Crippen MR) is 139 cm³/mol. The number of ether oxygens (including phenoxy) is 2. The van der Waals surface area contributed by atoms with Crippen molar-refractivity contribution in [3.8, 4) is 28.1 Å². The van der Waals surface area contributed by atoms with Crippen LogP contribution in [0.3, 0.4) is 0 Å². The van der Waals surface area contributed by atoms with E-state index < -0.39 is 11.7 Å². The highest BCUT2D eigenvalue weighted by Crippen LogP contribution is 2.41. The van der Waals surface area contributed by atoms with Crippen LogP contribution in [0, 0.1) is 6.92 Å². The Labute approximate surface area is 210 Å². The number of carbonyl (C=O) groups excluding carboxylic acids is 1. The summed E-state index contributed by atoms with van der Waals surface area (Å²) in [6.45, 7) is 8.14. The summed E-state index contributed by atoms with van der Waals surface area (Å²) in [4.78, 5) is 26.2. The molecule has 0 saturated heterocycles. The summed E-state index contributed by atoms with van der Waals surface area (Å²) in [6.07, 6.45) is 4.79. The minimum Gasteiger partial charge on any atom is -0.489 e. The molecule has 1 amide bonds. The van der Waals surface area contributed by atoms with Crippen molar-refractivity contribution < 1.29 is 14.3 Å². The van der Waals surface area contributed by atoms with Crippen LogP contribution in [-0.2, 0) is 4.74 Å². The molecule has 1 N–H and O–H groups in total. The van der Waals surface area contributed by atoms with E-state index >= 15 is 0 Å². The number of fused-ring (bicyclic) bond motifs is 1. The Bertz CT molecular complexity index is 1360. The lowest BCUT2D eigenvalue weighted by molar-refractivity contribution is 0.0278. The van der Waals surface area contributed by atoms with Crippen molar-refractivity contribution in [1.82, 2.24) is 19.9 Å². The van der Waals surface area contributed by atoms with E-state index in [2.05, 4.69) is 21.0 Å². The van der Waals surface area contributed by atoms with E-state index in [4.69, 9.17) is 21.1 Å². The fourth-order valence-corrected chi connectivity index (χ4v) is 3.85. The number of hydrogen-bond acceptors (Lipinski definition) is 5. The second-order valence-electron chi connectivity index (χ2n) is 9.36. The van der Waals surface area contributed by atoms with Crippen molar-refractivity contribution in [3.05, 3.63) is 65.6 Å². The molecule has 4 aromatic rings. The summed E-state index contributed by atoms with van der Waals surface area (Å²) in [5.41, 5.74) is 5.88. The summed E-state index contributed by atoms with van der Waals surface area (Å²) < 4.78 is 11.5. The van der Waals surface area contributed by atoms with Gasteiger partial charge in [0.05, 0.1) is 29.5 Å². The highest BCUT2D eigenvalue weighted by molar-refractivity contribution is 6.31. The van der Waals surface area contributed by atoms with Crippen LogP contribution in [0.2, 0.25) is 5.02 Å². The number of aromatic nitrogens is 3. The number of aryl methyl sites for hydroxylation is 1. The SMILES string of the molecule is Cc1cc(-c2c(-c3ccncc3OCCN(C)C(=O)OC(C)(C)C)[nH]c3cccnc23)ccc1Cl. The molecular formula is C27H29ClN4O3. The molecule has 0 spiro atoms. The number of pyridine rings is 2. The lowest BCUT2D eigenvalue weighted by Crippen LogP contribution is -2.36. The third-order valence-corrected chi connectivity index (χ3v) is 5.87. The number of hydrogen-bond donors (Lipinski definition) is 1. The summed E-state index contributed by atoms with van der Waals surface area (Å²) in [6, 6.07) is 11.7. The minimum atomic E-state index is -0.553. The van der Waals surface area contributed by atoms with Gasteiger partial charge >= 0.3 is 6.09 Å². The monoisotopic (exact) mass is 492 g/mol. The molecule has 3 heterocycles. The maximum absolute atomic E-state index is 12.3. The average Bonchev–Trinajstić information content (AvgIpc) is 3.19. The number of likely N-dealkylation sites (N-methyl/N-ethyl adjacent to an activating group) is 1. The number of halogens is 1. The molecule has 0 saturated carbocycles. The second-order valence-corrected chi connectivity index (χ2v) is 9.77. The Morgan fingerprint density at radius 1 is 1.17 bits per heavy atom. The normalized spacial score (nSPS) is 11.5. The molecule has 0 fully saturated rings. The van der Waals surface area contributed by atoms with Gasteiger partial charge in [-0.05, 0) is 69.2 Å². The van der Waals surface area contributed by atoms with Gasteiger partial charge in [-0.15, -0.1) is 0 Å². The first-order valence-corrected chi connectivity index (χ1v) is 11.8. The van der Waals surface area contributed by atoms with Crippen LogP contribution in [0.1, 0.15) is 26.3 Å². The zero-order chi connectivity index (χ0) is 25.2. The maximum Gasteiger partial charge on any atom is 0.410 e. The second kappa shape index (κ2) is 9.96. The molecule has 0 radical (unpaired) electrons. The molecule has 182 valence electrons. The van der Waals surface area contributed by atoms with E-state index in [1.807, 2.05) is 58.0 Å². The van der Waals surface area contributed by atoms with Crippen molar-refractivity contribution in [1.29, 1.82) is 0 Å². The van der Waals surface area contributed by atoms with Gasteiger partial charge in [-0.2, -0.15) is 0 Å². The smallest absolute Gasteiger partial charge is 0.410 e. The molecule has 4 rings (SSSR count). The van der Waals surface area contributed by atoms with Gasteiger partial charge in [0, 0.05) is 35.6 Å². The Morgan fingerprint density at radius 3 is 2.71 bits per heavy atom. The largest absolute Gasteiger partial charge is 0.489 e. The number of H-pyrrole nitrogens is 1. The first-order chi connectivity index (χ1) is 16.6. The first kappa shape index (κ1) is 24.5. The van der Waals surface area contributed by atoms with Crippen LogP contribution in [0.5, 0.6) is 5.75 Å². The number of aromatic amines is 1. The number of benzene rings is 1. The Kier molecular flexibility index (Phi) is 6.98. The van der Waals surface area contributed by atoms with Crippen molar-refractivity contribution in [2.75, 3.05) is 20.2 Å². The maximum atomic E-state index is 12.3. The standard InChI is InChI=1S/C27H29ClN4O3/c1-17-15-18(8-9-20(17)28)23-24(31-21-7-6-11-30-25(21)23)19-10-12-29-16-22(19)34-14-13-32(5)26(33)35-27(2,3)4/h6-12,15-16,31H,13-14H2,1-5H3. The van der Waals surface area contributed by atoms with E-state index in [9.17, 15) is 4.79 Å². The summed E-state index contributed by atoms with van der Waals surface area (Å²) >= 11 is 6.29. The Hall–Kier alpha value is -3.58. The third-order valence-electron chi connectivity index (χ3n) is 5.44. The van der Waals surface area contributed by atoms with Gasteiger partial charge in [-0.1, -0.05) is 17.7 Å². The highest BCUT2D eigenvalue weighted by Gasteiger charge is 2.21.